The largest absolute Gasteiger partial charge is 0.466 e. The van der Waals surface area contributed by atoms with E-state index in [4.69, 9.17) is 18.9 Å². The number of hydrogen-bond donors (Lipinski definition) is 2. The van der Waals surface area contributed by atoms with E-state index in [0.717, 1.165) is 75.8 Å². The molecule has 2 heterocycles. The number of nitrogens with one attached hydrogen (secondary N) is 2. The molecule has 2 aromatic carbocycles. The van der Waals surface area contributed by atoms with E-state index in [1.54, 1.807) is 33.2 Å². The van der Waals surface area contributed by atoms with Gasteiger partial charge in [-0.2, -0.15) is 0 Å². The van der Waals surface area contributed by atoms with Crippen molar-refractivity contribution in [2.24, 2.45) is 5.92 Å². The molecule has 2 atom stereocenters. The molecule has 0 saturated heterocycles. The zero-order valence-corrected chi connectivity index (χ0v) is 38.8. The van der Waals surface area contributed by atoms with Crippen LogP contribution in [0, 0.1) is 19.8 Å². The Bertz CT molecular complexity index is 2340. The minimum atomic E-state index is -0.635. The van der Waals surface area contributed by atoms with Crippen LogP contribution in [0.2, 0.25) is 0 Å². The molecular weight excluding hydrogens is 825 g/mol. The van der Waals surface area contributed by atoms with E-state index in [1.807, 2.05) is 69.3 Å². The van der Waals surface area contributed by atoms with Crippen molar-refractivity contribution in [1.82, 2.24) is 15.3 Å². The Balaban J connectivity index is 1.14. The van der Waals surface area contributed by atoms with E-state index in [-0.39, 0.29) is 43.7 Å². The van der Waals surface area contributed by atoms with E-state index in [1.165, 1.54) is 0 Å². The third-order valence-electron chi connectivity index (χ3n) is 12.2. The van der Waals surface area contributed by atoms with Crippen LogP contribution in [0.15, 0.2) is 60.9 Å². The van der Waals surface area contributed by atoms with Crippen LogP contribution in [-0.2, 0) is 52.7 Å². The van der Waals surface area contributed by atoms with Crippen molar-refractivity contribution < 1.29 is 42.9 Å². The highest BCUT2D eigenvalue weighted by Crippen LogP contribution is 2.43. The Labute approximate surface area is 382 Å². The Morgan fingerprint density at radius 1 is 0.692 bits per heavy atom. The molecule has 4 aromatic rings. The summed E-state index contributed by atoms with van der Waals surface area (Å²) in [4.78, 5) is 74.6. The van der Waals surface area contributed by atoms with Gasteiger partial charge in [0.05, 0.1) is 32.2 Å². The lowest BCUT2D eigenvalue weighted by Crippen LogP contribution is -2.39. The predicted molar refractivity (Wildman–Crippen MR) is 248 cm³/mol. The second-order valence-electron chi connectivity index (χ2n) is 16.9. The highest BCUT2D eigenvalue weighted by molar-refractivity contribution is 6.04. The predicted octanol–water partition coefficient (Wildman–Crippen LogP) is 8.71. The van der Waals surface area contributed by atoms with E-state index in [9.17, 15) is 24.0 Å². The number of aryl methyl sites for hydroxylation is 1. The second-order valence-corrected chi connectivity index (χ2v) is 16.9. The van der Waals surface area contributed by atoms with Gasteiger partial charge in [-0.3, -0.25) is 33.9 Å². The van der Waals surface area contributed by atoms with Crippen molar-refractivity contribution in [2.75, 3.05) is 38.4 Å². The van der Waals surface area contributed by atoms with Crippen LogP contribution in [-0.4, -0.2) is 78.6 Å². The van der Waals surface area contributed by atoms with Crippen LogP contribution in [0.1, 0.15) is 144 Å². The van der Waals surface area contributed by atoms with Crippen molar-refractivity contribution in [3.05, 3.63) is 111 Å². The van der Waals surface area contributed by atoms with Crippen molar-refractivity contribution in [1.29, 1.82) is 0 Å². The Hall–Kier alpha value is -5.79. The fraction of sp³-hybridized carbons (Fsp3) is 0.481. The molecule has 0 radical (unpaired) electrons. The number of amides is 1. The third-order valence-corrected chi connectivity index (χ3v) is 12.2. The number of pyridine rings is 2. The van der Waals surface area contributed by atoms with Crippen LogP contribution >= 0.6 is 0 Å². The molecule has 65 heavy (non-hydrogen) atoms. The Morgan fingerprint density at radius 3 is 1.98 bits per heavy atom. The third kappa shape index (κ3) is 13.2. The smallest absolute Gasteiger partial charge is 0.323 e. The molecule has 2 aliphatic rings. The van der Waals surface area contributed by atoms with Gasteiger partial charge in [-0.25, -0.2) is 0 Å². The molecule has 0 bridgehead atoms. The number of anilines is 1. The maximum atomic E-state index is 13.9. The summed E-state index contributed by atoms with van der Waals surface area (Å²) >= 11 is 0. The molecular formula is C52H64N4O9. The molecule has 0 spiro atoms. The highest BCUT2D eigenvalue weighted by atomic mass is 16.5. The average molecular weight is 889 g/mol. The lowest BCUT2D eigenvalue weighted by Gasteiger charge is -2.19. The number of esters is 3. The zero-order valence-electron chi connectivity index (χ0n) is 38.8. The van der Waals surface area contributed by atoms with Gasteiger partial charge in [-0.15, -0.1) is 0 Å². The molecule has 6 rings (SSSR count). The zero-order chi connectivity index (χ0) is 46.5. The minimum Gasteiger partial charge on any atom is -0.466 e. The number of hydrogen-bond acceptors (Lipinski definition) is 12. The monoisotopic (exact) mass is 888 g/mol. The molecule has 346 valence electrons. The molecule has 0 aliphatic heterocycles. The molecule has 1 amide bonds. The van der Waals surface area contributed by atoms with E-state index >= 15 is 0 Å². The first kappa shape index (κ1) is 48.7. The van der Waals surface area contributed by atoms with Gasteiger partial charge in [0.2, 0.25) is 0 Å². The number of Topliss-reactive ketones (excluding diaryl/α,β-unsaturated/α-hetero) is 1. The van der Waals surface area contributed by atoms with E-state index in [0.29, 0.717) is 74.5 Å². The normalized spacial score (nSPS) is 14.3. The lowest BCUT2D eigenvalue weighted by atomic mass is 9.90. The SMILES string of the molecule is CCOCC[C@@H](NCc1cnc(C(=O)Cc2cccc(-c3cccc(NC(=O)c4cc(C5CC5)c(CC[C@H](CC(=O)OCC)C(=O)OCC)cn4)c3C)c2C)cc1C1CC1)C(=O)OCC. The van der Waals surface area contributed by atoms with Gasteiger partial charge in [0.1, 0.15) is 17.4 Å². The number of carbonyl (C=O) groups is 5. The van der Waals surface area contributed by atoms with Crippen molar-refractivity contribution in [2.45, 2.75) is 124 Å². The number of aromatic nitrogens is 2. The summed E-state index contributed by atoms with van der Waals surface area (Å²) in [6.07, 6.45) is 9.10. The first-order valence-corrected chi connectivity index (χ1v) is 23.3. The Morgan fingerprint density at radius 2 is 1.31 bits per heavy atom. The van der Waals surface area contributed by atoms with Gasteiger partial charge in [-0.05, 0) is 167 Å². The number of ether oxygens (including phenoxy) is 4. The quantitative estimate of drug-likeness (QED) is 0.0281. The molecule has 13 heteroatoms. The molecule has 0 unspecified atom stereocenters. The van der Waals surface area contributed by atoms with Gasteiger partial charge in [0.25, 0.3) is 5.91 Å². The minimum absolute atomic E-state index is 0.0507. The first-order chi connectivity index (χ1) is 31.5. The fourth-order valence-electron chi connectivity index (χ4n) is 8.30. The van der Waals surface area contributed by atoms with Crippen LogP contribution in [0.4, 0.5) is 5.69 Å². The van der Waals surface area contributed by atoms with Crippen molar-refractivity contribution in [3.63, 3.8) is 0 Å². The summed E-state index contributed by atoms with van der Waals surface area (Å²) in [6.45, 7) is 13.4. The highest BCUT2D eigenvalue weighted by Gasteiger charge is 2.31. The van der Waals surface area contributed by atoms with Gasteiger partial charge >= 0.3 is 17.9 Å². The van der Waals surface area contributed by atoms with Crippen LogP contribution in [0.3, 0.4) is 0 Å². The van der Waals surface area contributed by atoms with Crippen LogP contribution < -0.4 is 10.6 Å². The summed E-state index contributed by atoms with van der Waals surface area (Å²) in [7, 11) is 0. The van der Waals surface area contributed by atoms with Crippen molar-refractivity contribution in [3.8, 4) is 11.1 Å². The molecule has 2 saturated carbocycles. The summed E-state index contributed by atoms with van der Waals surface area (Å²) in [5.74, 6) is -1.54. The van der Waals surface area contributed by atoms with E-state index in [2.05, 4.69) is 20.6 Å². The topological polar surface area (TPSA) is 172 Å². The van der Waals surface area contributed by atoms with Gasteiger partial charge < -0.3 is 29.6 Å². The second kappa shape index (κ2) is 23.4. The van der Waals surface area contributed by atoms with E-state index < -0.39 is 23.9 Å². The number of benzene rings is 2. The molecule has 2 fully saturated rings. The molecule has 2 aromatic heterocycles. The maximum Gasteiger partial charge on any atom is 0.323 e. The van der Waals surface area contributed by atoms with Gasteiger partial charge in [0, 0.05) is 44.3 Å². The van der Waals surface area contributed by atoms with Gasteiger partial charge in [0.15, 0.2) is 5.78 Å². The number of ketones is 1. The van der Waals surface area contributed by atoms with Crippen molar-refractivity contribution >= 4 is 35.3 Å². The average Bonchev–Trinajstić information content (AvgIpc) is 4.24. The van der Waals surface area contributed by atoms with Crippen LogP contribution in [0.5, 0.6) is 0 Å². The Kier molecular flexibility index (Phi) is 17.5. The van der Waals surface area contributed by atoms with Crippen LogP contribution in [0.25, 0.3) is 11.1 Å². The summed E-state index contributed by atoms with van der Waals surface area (Å²) in [5.41, 5.74) is 10.0. The summed E-state index contributed by atoms with van der Waals surface area (Å²) in [6, 6.07) is 15.0. The fourth-order valence-corrected chi connectivity index (χ4v) is 8.30. The molecule has 2 N–H and O–H groups in total. The lowest BCUT2D eigenvalue weighted by molar-refractivity contribution is -0.155. The summed E-state index contributed by atoms with van der Waals surface area (Å²) in [5, 5.41) is 6.44. The van der Waals surface area contributed by atoms with Gasteiger partial charge in [-0.1, -0.05) is 30.3 Å². The first-order valence-electron chi connectivity index (χ1n) is 23.3. The number of nitrogens with zero attached hydrogens (tertiary/aromatic N) is 2. The number of carbonyl (C=O) groups excluding carboxylic acids is 5. The number of rotatable bonds is 25. The summed E-state index contributed by atoms with van der Waals surface area (Å²) < 4.78 is 21.2. The molecule has 13 nitrogen and oxygen atoms in total. The standard InChI is InChI=1S/C52H64N4O9/c1-7-62-24-23-45(52(61)65-10-4)53-30-39-31-54-46(27-43(39)35-19-20-35)48(57)25-36-13-11-14-40(32(36)5)41-15-12-16-44(33(41)6)56-50(59)47-28-42(34-17-18-34)38(29-55-47)22-21-37(51(60)64-9-3)26-49(58)63-8-2/h11-16,27-29,31,34-35,37,45,53H,7-10,17-26,30H2,1-6H3,(H,56,59)/t37-,45-/m1/s1. The maximum absolute atomic E-state index is 13.9. The molecule has 2 aliphatic carbocycles.